The van der Waals surface area contributed by atoms with Gasteiger partial charge in [-0.05, 0) is 23.8 Å². The number of halogens is 1. The van der Waals surface area contributed by atoms with Crippen molar-refractivity contribution in [3.63, 3.8) is 0 Å². The monoisotopic (exact) mass is 303 g/mol. The Labute approximate surface area is 127 Å². The summed E-state index contributed by atoms with van der Waals surface area (Å²) >= 11 is 5.76. The van der Waals surface area contributed by atoms with Gasteiger partial charge in [0.2, 0.25) is 6.54 Å². The average molecular weight is 304 g/mol. The van der Waals surface area contributed by atoms with E-state index in [9.17, 15) is 10.1 Å². The molecule has 1 heterocycles. The molecule has 0 radical (unpaired) electrons. The second-order valence-corrected chi connectivity index (χ2v) is 4.95. The van der Waals surface area contributed by atoms with Crippen molar-refractivity contribution in [1.82, 2.24) is 4.98 Å². The van der Waals surface area contributed by atoms with Crippen LogP contribution in [0.5, 0.6) is 0 Å². The molecular formula is C15H14ClN3O2. The van der Waals surface area contributed by atoms with Gasteiger partial charge in [0.1, 0.15) is 5.15 Å². The van der Waals surface area contributed by atoms with Crippen molar-refractivity contribution in [2.75, 3.05) is 6.54 Å². The lowest BCUT2D eigenvalue weighted by Crippen LogP contribution is -2.20. The predicted molar refractivity (Wildman–Crippen MR) is 83.1 cm³/mol. The van der Waals surface area contributed by atoms with Crippen LogP contribution >= 0.6 is 11.6 Å². The van der Waals surface area contributed by atoms with Crippen LogP contribution in [0, 0.1) is 10.1 Å². The summed E-state index contributed by atoms with van der Waals surface area (Å²) < 4.78 is 0. The summed E-state index contributed by atoms with van der Waals surface area (Å²) in [5, 5.41) is 11.3. The van der Waals surface area contributed by atoms with Crippen molar-refractivity contribution < 1.29 is 4.92 Å². The third kappa shape index (κ3) is 4.36. The Hall–Kier alpha value is -2.27. The van der Waals surface area contributed by atoms with Crippen LogP contribution in [0.3, 0.4) is 0 Å². The molecule has 2 aromatic rings. The highest BCUT2D eigenvalue weighted by Gasteiger charge is 2.18. The maximum atomic E-state index is 10.9. The minimum Gasteiger partial charge on any atom is -0.264 e. The Bertz CT molecular complexity index is 642. The van der Waals surface area contributed by atoms with Crippen molar-refractivity contribution in [1.29, 1.82) is 0 Å². The Kier molecular flexibility index (Phi) is 5.00. The molecule has 0 amide bonds. The number of hydrogen-bond acceptors (Lipinski definition) is 4. The second kappa shape index (κ2) is 6.95. The topological polar surface area (TPSA) is 68.4 Å². The fraction of sp³-hybridized carbons (Fsp3) is 0.200. The van der Waals surface area contributed by atoms with E-state index in [1.54, 1.807) is 18.3 Å². The van der Waals surface area contributed by atoms with E-state index in [4.69, 9.17) is 11.6 Å². The van der Waals surface area contributed by atoms with Gasteiger partial charge in [-0.3, -0.25) is 15.1 Å². The van der Waals surface area contributed by atoms with E-state index >= 15 is 0 Å². The number of nitro groups is 1. The standard InChI is InChI=1S/C15H14ClN3O2/c1-11(12-7-8-15(16)17-9-12)14(10-19(20)21)18-13-5-3-2-4-6-13/h2-9,11H,10H2,1H3. The highest BCUT2D eigenvalue weighted by Crippen LogP contribution is 2.21. The Morgan fingerprint density at radius 3 is 2.62 bits per heavy atom. The SMILES string of the molecule is CC(C(C[N+](=O)[O-])=Nc1ccccc1)c1ccc(Cl)nc1. The Balaban J connectivity index is 2.33. The fourth-order valence-electron chi connectivity index (χ4n) is 1.91. The van der Waals surface area contributed by atoms with Gasteiger partial charge >= 0.3 is 0 Å². The van der Waals surface area contributed by atoms with Crippen LogP contribution in [0.25, 0.3) is 0 Å². The molecule has 0 fully saturated rings. The first-order valence-electron chi connectivity index (χ1n) is 6.42. The van der Waals surface area contributed by atoms with Gasteiger partial charge < -0.3 is 0 Å². The zero-order chi connectivity index (χ0) is 15.2. The molecule has 108 valence electrons. The van der Waals surface area contributed by atoms with Gasteiger partial charge in [-0.2, -0.15) is 0 Å². The van der Waals surface area contributed by atoms with E-state index in [1.807, 2.05) is 37.3 Å². The van der Waals surface area contributed by atoms with Crippen molar-refractivity contribution in [3.05, 3.63) is 69.5 Å². The molecular weight excluding hydrogens is 290 g/mol. The molecule has 1 unspecified atom stereocenters. The first-order chi connectivity index (χ1) is 10.1. The molecule has 0 bridgehead atoms. The highest BCUT2D eigenvalue weighted by atomic mass is 35.5. The van der Waals surface area contributed by atoms with Crippen molar-refractivity contribution in [2.45, 2.75) is 12.8 Å². The van der Waals surface area contributed by atoms with E-state index in [-0.39, 0.29) is 17.4 Å². The molecule has 5 nitrogen and oxygen atoms in total. The largest absolute Gasteiger partial charge is 0.264 e. The minimum atomic E-state index is -0.373. The van der Waals surface area contributed by atoms with Crippen LogP contribution in [0.15, 0.2) is 53.7 Å². The normalized spacial score (nSPS) is 13.0. The number of aromatic nitrogens is 1. The van der Waals surface area contributed by atoms with Crippen molar-refractivity contribution >= 4 is 23.0 Å². The lowest BCUT2D eigenvalue weighted by molar-refractivity contribution is -0.463. The Morgan fingerprint density at radius 2 is 2.05 bits per heavy atom. The molecule has 0 aliphatic carbocycles. The maximum absolute atomic E-state index is 10.9. The molecule has 0 saturated carbocycles. The predicted octanol–water partition coefficient (Wildman–Crippen LogP) is 3.89. The molecule has 0 N–H and O–H groups in total. The number of rotatable bonds is 5. The van der Waals surface area contributed by atoms with E-state index in [0.717, 1.165) is 5.56 Å². The lowest BCUT2D eigenvalue weighted by Gasteiger charge is -2.12. The van der Waals surface area contributed by atoms with E-state index < -0.39 is 0 Å². The van der Waals surface area contributed by atoms with Crippen LogP contribution in [0.2, 0.25) is 5.15 Å². The maximum Gasteiger partial charge on any atom is 0.242 e. The number of benzene rings is 1. The van der Waals surface area contributed by atoms with Gasteiger partial charge in [0.05, 0.1) is 11.4 Å². The number of nitrogens with zero attached hydrogens (tertiary/aromatic N) is 3. The first kappa shape index (κ1) is 15.1. The number of pyridine rings is 1. The number of para-hydroxylation sites is 1. The Morgan fingerprint density at radius 1 is 1.33 bits per heavy atom. The van der Waals surface area contributed by atoms with Crippen LogP contribution in [0.1, 0.15) is 18.4 Å². The van der Waals surface area contributed by atoms with E-state index in [0.29, 0.717) is 16.6 Å². The summed E-state index contributed by atoms with van der Waals surface area (Å²) in [7, 11) is 0. The zero-order valence-corrected chi connectivity index (χ0v) is 12.2. The summed E-state index contributed by atoms with van der Waals surface area (Å²) in [4.78, 5) is 18.9. The quantitative estimate of drug-likeness (QED) is 0.364. The third-order valence-corrected chi connectivity index (χ3v) is 3.29. The smallest absolute Gasteiger partial charge is 0.242 e. The summed E-state index contributed by atoms with van der Waals surface area (Å²) in [6.07, 6.45) is 1.62. The van der Waals surface area contributed by atoms with Crippen LogP contribution < -0.4 is 0 Å². The zero-order valence-electron chi connectivity index (χ0n) is 11.4. The molecule has 6 heteroatoms. The van der Waals surface area contributed by atoms with Gasteiger partial charge in [0.25, 0.3) is 0 Å². The van der Waals surface area contributed by atoms with Crippen LogP contribution in [-0.4, -0.2) is 22.2 Å². The summed E-state index contributed by atoms with van der Waals surface area (Å²) in [5.41, 5.74) is 2.02. The van der Waals surface area contributed by atoms with Crippen LogP contribution in [0.4, 0.5) is 5.69 Å². The summed E-state index contributed by atoms with van der Waals surface area (Å²) in [5.74, 6) is -0.208. The van der Waals surface area contributed by atoms with Gasteiger partial charge in [-0.25, -0.2) is 4.98 Å². The molecule has 1 aromatic carbocycles. The molecule has 0 spiro atoms. The van der Waals surface area contributed by atoms with E-state index in [2.05, 4.69) is 9.98 Å². The minimum absolute atomic E-state index is 0.208. The van der Waals surface area contributed by atoms with E-state index in [1.165, 1.54) is 0 Å². The van der Waals surface area contributed by atoms with Crippen molar-refractivity contribution in [3.8, 4) is 0 Å². The first-order valence-corrected chi connectivity index (χ1v) is 6.80. The van der Waals surface area contributed by atoms with Gasteiger partial charge in [0.15, 0.2) is 0 Å². The van der Waals surface area contributed by atoms with Gasteiger partial charge in [0, 0.05) is 17.0 Å². The lowest BCUT2D eigenvalue weighted by atomic mass is 9.97. The average Bonchev–Trinajstić information content (AvgIpc) is 2.47. The molecule has 2 rings (SSSR count). The molecule has 0 saturated heterocycles. The molecule has 21 heavy (non-hydrogen) atoms. The third-order valence-electron chi connectivity index (χ3n) is 3.07. The summed E-state index contributed by atoms with van der Waals surface area (Å²) in [6.45, 7) is 1.56. The molecule has 0 aliphatic rings. The molecule has 0 aliphatic heterocycles. The summed E-state index contributed by atoms with van der Waals surface area (Å²) in [6, 6.07) is 12.7. The molecule has 1 atom stereocenters. The van der Waals surface area contributed by atoms with Crippen LogP contribution in [-0.2, 0) is 0 Å². The number of aliphatic imine (C=N–C) groups is 1. The van der Waals surface area contributed by atoms with Crippen molar-refractivity contribution in [2.24, 2.45) is 4.99 Å². The molecule has 1 aromatic heterocycles. The number of hydrogen-bond donors (Lipinski definition) is 0. The highest BCUT2D eigenvalue weighted by molar-refractivity contribution is 6.29. The van der Waals surface area contributed by atoms with Gasteiger partial charge in [-0.1, -0.05) is 42.8 Å². The second-order valence-electron chi connectivity index (χ2n) is 4.57. The fourth-order valence-corrected chi connectivity index (χ4v) is 2.02. The van der Waals surface area contributed by atoms with Gasteiger partial charge in [-0.15, -0.1) is 0 Å².